The van der Waals surface area contributed by atoms with Gasteiger partial charge in [0.25, 0.3) is 0 Å². The van der Waals surface area contributed by atoms with E-state index in [9.17, 15) is 4.39 Å². The maximum absolute atomic E-state index is 13.9. The van der Waals surface area contributed by atoms with E-state index in [1.807, 2.05) is 25.1 Å². The Balaban J connectivity index is 2.24. The van der Waals surface area contributed by atoms with Crippen LogP contribution in [0, 0.1) is 12.7 Å². The summed E-state index contributed by atoms with van der Waals surface area (Å²) in [7, 11) is 1.62. The first kappa shape index (κ1) is 14.8. The number of hydrogen-bond acceptors (Lipinski definition) is 2. The first-order chi connectivity index (χ1) is 9.52. The molecule has 20 heavy (non-hydrogen) atoms. The largest absolute Gasteiger partial charge is 0.496 e. The van der Waals surface area contributed by atoms with Crippen LogP contribution < -0.4 is 10.5 Å². The number of methoxy groups -OCH3 is 1. The fourth-order valence-electron chi connectivity index (χ4n) is 2.13. The third-order valence-electron chi connectivity index (χ3n) is 3.33. The van der Waals surface area contributed by atoms with Crippen LogP contribution in [0.3, 0.4) is 0 Å². The van der Waals surface area contributed by atoms with Crippen molar-refractivity contribution < 1.29 is 9.13 Å². The molecule has 0 aliphatic rings. The Bertz CT molecular complexity index is 615. The molecule has 0 saturated heterocycles. The average molecular weight is 294 g/mol. The second-order valence-corrected chi connectivity index (χ2v) is 5.16. The number of aryl methyl sites for hydroxylation is 1. The van der Waals surface area contributed by atoms with E-state index in [4.69, 9.17) is 22.1 Å². The van der Waals surface area contributed by atoms with Gasteiger partial charge in [0.15, 0.2) is 0 Å². The van der Waals surface area contributed by atoms with Crippen LogP contribution in [0.25, 0.3) is 0 Å². The Morgan fingerprint density at radius 1 is 1.30 bits per heavy atom. The van der Waals surface area contributed by atoms with Crippen LogP contribution in [0.15, 0.2) is 36.4 Å². The summed E-state index contributed by atoms with van der Waals surface area (Å²) in [6, 6.07) is 10.4. The lowest BCUT2D eigenvalue weighted by molar-refractivity contribution is 0.410. The highest BCUT2D eigenvalue weighted by atomic mass is 35.5. The van der Waals surface area contributed by atoms with E-state index in [2.05, 4.69) is 0 Å². The minimum Gasteiger partial charge on any atom is -0.496 e. The van der Waals surface area contributed by atoms with Crippen molar-refractivity contribution in [1.29, 1.82) is 0 Å². The van der Waals surface area contributed by atoms with Crippen molar-refractivity contribution in [3.63, 3.8) is 0 Å². The van der Waals surface area contributed by atoms with E-state index in [0.717, 1.165) is 16.9 Å². The van der Waals surface area contributed by atoms with E-state index in [1.54, 1.807) is 19.2 Å². The Kier molecular flexibility index (Phi) is 4.63. The first-order valence-corrected chi connectivity index (χ1v) is 6.73. The van der Waals surface area contributed by atoms with Crippen LogP contribution in [0.1, 0.15) is 22.7 Å². The van der Waals surface area contributed by atoms with Gasteiger partial charge in [0.05, 0.1) is 12.1 Å². The number of benzene rings is 2. The minimum absolute atomic E-state index is 0.121. The third kappa shape index (κ3) is 3.11. The second-order valence-electron chi connectivity index (χ2n) is 4.75. The van der Waals surface area contributed by atoms with Gasteiger partial charge in [-0.2, -0.15) is 0 Å². The van der Waals surface area contributed by atoms with Crippen LogP contribution in [0.4, 0.5) is 4.39 Å². The van der Waals surface area contributed by atoms with Gasteiger partial charge in [-0.1, -0.05) is 35.9 Å². The van der Waals surface area contributed by atoms with Crippen molar-refractivity contribution in [1.82, 2.24) is 0 Å². The summed E-state index contributed by atoms with van der Waals surface area (Å²) in [4.78, 5) is 0. The number of halogens is 2. The van der Waals surface area contributed by atoms with Gasteiger partial charge in [0.2, 0.25) is 0 Å². The standard InChI is InChI=1S/C16H17ClFNO/c1-10-6-7-11(9-15(10)20-2)14(19)8-12-4-3-5-13(17)16(12)18/h3-7,9,14H,8,19H2,1-2H3. The van der Waals surface area contributed by atoms with Gasteiger partial charge in [0, 0.05) is 6.04 Å². The molecule has 0 aliphatic carbocycles. The van der Waals surface area contributed by atoms with E-state index >= 15 is 0 Å². The number of hydrogen-bond donors (Lipinski definition) is 1. The van der Waals surface area contributed by atoms with E-state index in [0.29, 0.717) is 12.0 Å². The van der Waals surface area contributed by atoms with E-state index in [1.165, 1.54) is 6.07 Å². The topological polar surface area (TPSA) is 35.2 Å². The van der Waals surface area contributed by atoms with Gasteiger partial charge in [-0.15, -0.1) is 0 Å². The first-order valence-electron chi connectivity index (χ1n) is 6.36. The molecule has 2 rings (SSSR count). The van der Waals surface area contributed by atoms with Gasteiger partial charge < -0.3 is 10.5 Å². The SMILES string of the molecule is COc1cc(C(N)Cc2cccc(Cl)c2F)ccc1C. The summed E-state index contributed by atoms with van der Waals surface area (Å²) >= 11 is 5.78. The molecule has 0 spiro atoms. The molecular weight excluding hydrogens is 277 g/mol. The number of nitrogens with two attached hydrogens (primary N) is 1. The van der Waals surface area contributed by atoms with E-state index < -0.39 is 5.82 Å². The van der Waals surface area contributed by atoms with Crippen molar-refractivity contribution in [3.05, 3.63) is 63.9 Å². The molecule has 0 radical (unpaired) electrons. The molecule has 0 aliphatic heterocycles. The normalized spacial score (nSPS) is 12.2. The lowest BCUT2D eigenvalue weighted by Gasteiger charge is -2.15. The molecule has 1 atom stereocenters. The summed E-state index contributed by atoms with van der Waals surface area (Å²) in [6.45, 7) is 1.96. The van der Waals surface area contributed by atoms with Crippen LogP contribution in [-0.4, -0.2) is 7.11 Å². The lowest BCUT2D eigenvalue weighted by Crippen LogP contribution is -2.14. The van der Waals surface area contributed by atoms with Crippen molar-refractivity contribution in [3.8, 4) is 5.75 Å². The zero-order valence-corrected chi connectivity index (χ0v) is 12.2. The van der Waals surface area contributed by atoms with Gasteiger partial charge >= 0.3 is 0 Å². The molecule has 2 aromatic carbocycles. The Labute approximate surface area is 123 Å². The molecule has 106 valence electrons. The second kappa shape index (κ2) is 6.25. The molecule has 2 N–H and O–H groups in total. The molecular formula is C16H17ClFNO. The quantitative estimate of drug-likeness (QED) is 0.923. The zero-order chi connectivity index (χ0) is 14.7. The fraction of sp³-hybridized carbons (Fsp3) is 0.250. The number of ether oxygens (including phenoxy) is 1. The van der Waals surface area contributed by atoms with Crippen LogP contribution >= 0.6 is 11.6 Å². The van der Waals surface area contributed by atoms with Gasteiger partial charge in [-0.3, -0.25) is 0 Å². The molecule has 2 nitrogen and oxygen atoms in total. The van der Waals surface area contributed by atoms with Crippen LogP contribution in [0.5, 0.6) is 5.75 Å². The predicted molar refractivity (Wildman–Crippen MR) is 79.8 cm³/mol. The molecule has 0 amide bonds. The van der Waals surface area contributed by atoms with Crippen LogP contribution in [-0.2, 0) is 6.42 Å². The van der Waals surface area contributed by atoms with Gasteiger partial charge in [-0.05, 0) is 42.2 Å². The Morgan fingerprint density at radius 2 is 2.05 bits per heavy atom. The zero-order valence-electron chi connectivity index (χ0n) is 11.5. The fourth-order valence-corrected chi connectivity index (χ4v) is 2.32. The number of rotatable bonds is 4. The van der Waals surface area contributed by atoms with E-state index in [-0.39, 0.29) is 11.1 Å². The molecule has 0 heterocycles. The van der Waals surface area contributed by atoms with Crippen molar-refractivity contribution >= 4 is 11.6 Å². The van der Waals surface area contributed by atoms with Gasteiger partial charge in [-0.25, -0.2) is 4.39 Å². The monoisotopic (exact) mass is 293 g/mol. The smallest absolute Gasteiger partial charge is 0.145 e. The highest BCUT2D eigenvalue weighted by Gasteiger charge is 2.13. The molecule has 0 bridgehead atoms. The van der Waals surface area contributed by atoms with Gasteiger partial charge in [0.1, 0.15) is 11.6 Å². The minimum atomic E-state index is -0.399. The summed E-state index contributed by atoms with van der Waals surface area (Å²) in [5.74, 6) is 0.383. The Hall–Kier alpha value is -1.58. The highest BCUT2D eigenvalue weighted by molar-refractivity contribution is 6.30. The molecule has 4 heteroatoms. The predicted octanol–water partition coefficient (Wildman–Crippen LogP) is 4.04. The Morgan fingerprint density at radius 3 is 2.75 bits per heavy atom. The molecule has 2 aromatic rings. The molecule has 1 unspecified atom stereocenters. The summed E-state index contributed by atoms with van der Waals surface area (Å²) < 4.78 is 19.2. The summed E-state index contributed by atoms with van der Waals surface area (Å²) in [5, 5.41) is 0.121. The third-order valence-corrected chi connectivity index (χ3v) is 3.62. The molecule has 0 aromatic heterocycles. The highest BCUT2D eigenvalue weighted by Crippen LogP contribution is 2.26. The van der Waals surface area contributed by atoms with Crippen molar-refractivity contribution in [2.75, 3.05) is 7.11 Å². The summed E-state index contributed by atoms with van der Waals surface area (Å²) in [6.07, 6.45) is 0.388. The maximum atomic E-state index is 13.9. The molecule has 0 fully saturated rings. The van der Waals surface area contributed by atoms with Crippen molar-refractivity contribution in [2.24, 2.45) is 5.73 Å². The average Bonchev–Trinajstić information content (AvgIpc) is 2.44. The maximum Gasteiger partial charge on any atom is 0.145 e. The van der Waals surface area contributed by atoms with Crippen LogP contribution in [0.2, 0.25) is 5.02 Å². The lowest BCUT2D eigenvalue weighted by atomic mass is 9.98. The van der Waals surface area contributed by atoms with Crippen molar-refractivity contribution in [2.45, 2.75) is 19.4 Å². The molecule has 0 saturated carbocycles. The summed E-state index contributed by atoms with van der Waals surface area (Å²) in [5.41, 5.74) is 8.62.